The van der Waals surface area contributed by atoms with Crippen molar-refractivity contribution in [3.8, 4) is 0 Å². The predicted octanol–water partition coefficient (Wildman–Crippen LogP) is 9.90. The molecule has 0 heterocycles. The van der Waals surface area contributed by atoms with Crippen LogP contribution in [0.4, 0.5) is 0 Å². The molecule has 1 amide bonds. The average Bonchev–Trinajstić information content (AvgIpc) is 2.96. The molecule has 2 unspecified atom stereocenters. The van der Waals surface area contributed by atoms with E-state index in [-0.39, 0.29) is 12.5 Å². The van der Waals surface area contributed by atoms with E-state index in [2.05, 4.69) is 55.6 Å². The van der Waals surface area contributed by atoms with E-state index in [4.69, 9.17) is 0 Å². The van der Waals surface area contributed by atoms with E-state index in [0.717, 1.165) is 57.8 Å². The fraction of sp³-hybridized carbons (Fsp3) is 0.806. The highest BCUT2D eigenvalue weighted by Gasteiger charge is 2.19. The molecule has 0 saturated heterocycles. The van der Waals surface area contributed by atoms with Crippen LogP contribution in [0.25, 0.3) is 0 Å². The van der Waals surface area contributed by atoms with Crippen molar-refractivity contribution in [3.63, 3.8) is 0 Å². The smallest absolute Gasteiger partial charge is 0.220 e. The van der Waals surface area contributed by atoms with Crippen LogP contribution in [0.15, 0.2) is 36.5 Å². The Kier molecular flexibility index (Phi) is 31.0. The van der Waals surface area contributed by atoms with Crippen molar-refractivity contribution >= 4 is 5.91 Å². The largest absolute Gasteiger partial charge is 0.394 e. The molecular formula is C36H67NO3. The van der Waals surface area contributed by atoms with Crippen molar-refractivity contribution in [1.82, 2.24) is 5.32 Å². The van der Waals surface area contributed by atoms with Crippen LogP contribution < -0.4 is 5.32 Å². The number of allylic oxidation sites excluding steroid dienone is 6. The van der Waals surface area contributed by atoms with Crippen LogP contribution >= 0.6 is 0 Å². The molecule has 2 atom stereocenters. The maximum atomic E-state index is 12.3. The predicted molar refractivity (Wildman–Crippen MR) is 175 cm³/mol. The van der Waals surface area contributed by atoms with E-state index in [9.17, 15) is 15.0 Å². The van der Waals surface area contributed by atoms with Crippen molar-refractivity contribution in [3.05, 3.63) is 36.5 Å². The van der Waals surface area contributed by atoms with Gasteiger partial charge in [0.05, 0.1) is 18.8 Å². The minimum Gasteiger partial charge on any atom is -0.394 e. The van der Waals surface area contributed by atoms with Crippen molar-refractivity contribution in [2.75, 3.05) is 6.61 Å². The number of amides is 1. The number of carbonyl (C=O) groups is 1. The van der Waals surface area contributed by atoms with Crippen LogP contribution in [0.1, 0.15) is 168 Å². The summed E-state index contributed by atoms with van der Waals surface area (Å²) in [5.41, 5.74) is 0. The second kappa shape index (κ2) is 32.1. The highest BCUT2D eigenvalue weighted by Crippen LogP contribution is 2.14. The molecule has 0 aliphatic heterocycles. The highest BCUT2D eigenvalue weighted by molar-refractivity contribution is 5.76. The minimum atomic E-state index is -0.664. The van der Waals surface area contributed by atoms with E-state index < -0.39 is 12.1 Å². The second-order valence-electron chi connectivity index (χ2n) is 11.6. The molecule has 0 aromatic rings. The Bertz CT molecular complexity index is 613. The molecule has 0 fully saturated rings. The monoisotopic (exact) mass is 562 g/mol. The fourth-order valence-electron chi connectivity index (χ4n) is 5.02. The van der Waals surface area contributed by atoms with Gasteiger partial charge in [-0.05, 0) is 44.9 Å². The molecule has 0 aliphatic rings. The molecule has 4 heteroatoms. The van der Waals surface area contributed by atoms with Crippen molar-refractivity contribution < 1.29 is 15.0 Å². The van der Waals surface area contributed by atoms with Gasteiger partial charge in [-0.2, -0.15) is 0 Å². The van der Waals surface area contributed by atoms with Crippen molar-refractivity contribution in [2.24, 2.45) is 0 Å². The lowest BCUT2D eigenvalue weighted by Crippen LogP contribution is -2.45. The van der Waals surface area contributed by atoms with Crippen molar-refractivity contribution in [1.29, 1.82) is 0 Å². The molecular weight excluding hydrogens is 494 g/mol. The van der Waals surface area contributed by atoms with Crippen LogP contribution in [-0.4, -0.2) is 34.9 Å². The molecule has 0 rings (SSSR count). The number of hydrogen-bond donors (Lipinski definition) is 3. The third kappa shape index (κ3) is 28.1. The zero-order valence-electron chi connectivity index (χ0n) is 26.6. The molecule has 0 aliphatic carbocycles. The Morgan fingerprint density at radius 3 is 1.65 bits per heavy atom. The standard InChI is InChI=1S/C36H67NO3/c1-3-5-7-9-11-13-15-17-18-20-22-24-26-28-30-32-36(40)37-34(33-38)35(39)31-29-27-25-23-21-19-16-14-12-10-8-6-4-2/h5,7,11,13,17-18,34-35,38-39H,3-4,6,8-10,12,14-16,19-33H2,1-2H3,(H,37,40)/b7-5-,13-11-,18-17-. The normalized spacial score (nSPS) is 13.6. The van der Waals surface area contributed by atoms with Gasteiger partial charge in [0.15, 0.2) is 0 Å². The molecule has 0 saturated carbocycles. The molecule has 0 aromatic heterocycles. The zero-order valence-corrected chi connectivity index (χ0v) is 26.6. The first-order valence-electron chi connectivity index (χ1n) is 17.2. The summed E-state index contributed by atoms with van der Waals surface area (Å²) in [5, 5.41) is 23.0. The highest BCUT2D eigenvalue weighted by atomic mass is 16.3. The number of nitrogens with one attached hydrogen (secondary N) is 1. The quantitative estimate of drug-likeness (QED) is 0.0603. The summed E-state index contributed by atoms with van der Waals surface area (Å²) in [5.74, 6) is -0.0513. The summed E-state index contributed by atoms with van der Waals surface area (Å²) in [6, 6.07) is -0.542. The summed E-state index contributed by atoms with van der Waals surface area (Å²) in [6.45, 7) is 4.22. The van der Waals surface area contributed by atoms with Gasteiger partial charge in [-0.3, -0.25) is 4.79 Å². The number of rotatable bonds is 30. The topological polar surface area (TPSA) is 69.6 Å². The fourth-order valence-corrected chi connectivity index (χ4v) is 5.02. The van der Waals surface area contributed by atoms with E-state index in [1.807, 2.05) is 0 Å². The molecule has 0 radical (unpaired) electrons. The van der Waals surface area contributed by atoms with Gasteiger partial charge >= 0.3 is 0 Å². The molecule has 234 valence electrons. The van der Waals surface area contributed by atoms with Gasteiger partial charge in [-0.25, -0.2) is 0 Å². The average molecular weight is 562 g/mol. The summed E-state index contributed by atoms with van der Waals surface area (Å²) in [6.07, 6.45) is 40.4. The van der Waals surface area contributed by atoms with Gasteiger partial charge in [0.1, 0.15) is 0 Å². The lowest BCUT2D eigenvalue weighted by molar-refractivity contribution is -0.123. The zero-order chi connectivity index (χ0) is 29.4. The maximum Gasteiger partial charge on any atom is 0.220 e. The number of aliphatic hydroxyl groups excluding tert-OH is 2. The minimum absolute atomic E-state index is 0.0513. The Hall–Kier alpha value is -1.39. The van der Waals surface area contributed by atoms with Crippen LogP contribution in [0.5, 0.6) is 0 Å². The van der Waals surface area contributed by atoms with Gasteiger partial charge in [0, 0.05) is 6.42 Å². The summed E-state index contributed by atoms with van der Waals surface area (Å²) < 4.78 is 0. The van der Waals surface area contributed by atoms with Gasteiger partial charge in [-0.15, -0.1) is 0 Å². The second-order valence-corrected chi connectivity index (χ2v) is 11.6. The third-order valence-electron chi connectivity index (χ3n) is 7.67. The van der Waals surface area contributed by atoms with E-state index in [1.54, 1.807) is 0 Å². The maximum absolute atomic E-state index is 12.3. The van der Waals surface area contributed by atoms with Crippen LogP contribution in [0.3, 0.4) is 0 Å². The first-order chi connectivity index (χ1) is 19.7. The number of aliphatic hydroxyl groups is 2. The summed E-state index contributed by atoms with van der Waals surface area (Å²) in [7, 11) is 0. The van der Waals surface area contributed by atoms with Gasteiger partial charge in [-0.1, -0.05) is 153 Å². The number of unbranched alkanes of at least 4 members (excludes halogenated alkanes) is 17. The summed E-state index contributed by atoms with van der Waals surface area (Å²) >= 11 is 0. The van der Waals surface area contributed by atoms with E-state index >= 15 is 0 Å². The number of carbonyl (C=O) groups excluding carboxylic acids is 1. The Morgan fingerprint density at radius 1 is 0.625 bits per heavy atom. The van der Waals surface area contributed by atoms with Crippen LogP contribution in [0, 0.1) is 0 Å². The molecule has 0 aromatic carbocycles. The molecule has 3 N–H and O–H groups in total. The lowest BCUT2D eigenvalue weighted by Gasteiger charge is -2.22. The first kappa shape index (κ1) is 38.6. The molecule has 0 bridgehead atoms. The Labute approximate surface area is 249 Å². The SMILES string of the molecule is CC/C=C\C/C=C\C/C=C\CCCCCCCC(=O)NC(CO)C(O)CCCCCCCCCCCCCCC. The van der Waals surface area contributed by atoms with Crippen LogP contribution in [-0.2, 0) is 4.79 Å². The molecule has 4 nitrogen and oxygen atoms in total. The lowest BCUT2D eigenvalue weighted by atomic mass is 10.0. The van der Waals surface area contributed by atoms with Gasteiger partial charge in [0.25, 0.3) is 0 Å². The van der Waals surface area contributed by atoms with Gasteiger partial charge in [0.2, 0.25) is 5.91 Å². The molecule has 0 spiro atoms. The summed E-state index contributed by atoms with van der Waals surface area (Å²) in [4.78, 5) is 12.3. The van der Waals surface area contributed by atoms with E-state index in [0.29, 0.717) is 12.8 Å². The van der Waals surface area contributed by atoms with Gasteiger partial charge < -0.3 is 15.5 Å². The first-order valence-corrected chi connectivity index (χ1v) is 17.2. The Balaban J connectivity index is 3.63. The third-order valence-corrected chi connectivity index (χ3v) is 7.67. The molecule has 40 heavy (non-hydrogen) atoms. The van der Waals surface area contributed by atoms with Crippen molar-refractivity contribution in [2.45, 2.75) is 180 Å². The Morgan fingerprint density at radius 2 is 1.10 bits per heavy atom. The van der Waals surface area contributed by atoms with Crippen LogP contribution in [0.2, 0.25) is 0 Å². The van der Waals surface area contributed by atoms with E-state index in [1.165, 1.54) is 83.5 Å². The number of hydrogen-bond acceptors (Lipinski definition) is 3.